The molecule has 2 unspecified atom stereocenters. The summed E-state index contributed by atoms with van der Waals surface area (Å²) in [6.45, 7) is 10.5. The summed E-state index contributed by atoms with van der Waals surface area (Å²) >= 11 is 1.62. The molecule has 1 aromatic carbocycles. The van der Waals surface area contributed by atoms with E-state index >= 15 is 0 Å². The van der Waals surface area contributed by atoms with Gasteiger partial charge in [0.2, 0.25) is 11.8 Å². The van der Waals surface area contributed by atoms with Crippen LogP contribution in [0.2, 0.25) is 0 Å². The number of likely N-dealkylation sites (tertiary alicyclic amines) is 1. The van der Waals surface area contributed by atoms with Gasteiger partial charge in [0.1, 0.15) is 24.8 Å². The van der Waals surface area contributed by atoms with Crippen LogP contribution in [0.15, 0.2) is 49.6 Å². The third-order valence-electron chi connectivity index (χ3n) is 8.55. The highest BCUT2D eigenvalue weighted by atomic mass is 32.2. The summed E-state index contributed by atoms with van der Waals surface area (Å²) in [6.07, 6.45) is 6.58. The highest BCUT2D eigenvalue weighted by molar-refractivity contribution is 8.02. The third-order valence-corrected chi connectivity index (χ3v) is 10.5. The van der Waals surface area contributed by atoms with Gasteiger partial charge in [0.15, 0.2) is 0 Å². The lowest BCUT2D eigenvalue weighted by Crippen LogP contribution is -2.55. The minimum absolute atomic E-state index is 0.0767. The van der Waals surface area contributed by atoms with E-state index in [0.717, 1.165) is 17.5 Å². The summed E-state index contributed by atoms with van der Waals surface area (Å²) in [5.74, 6) is -2.03. The number of amides is 2. The number of esters is 1. The van der Waals surface area contributed by atoms with Gasteiger partial charge in [0.25, 0.3) is 0 Å². The minimum Gasteiger partial charge on any atom is -0.461 e. The van der Waals surface area contributed by atoms with Crippen LogP contribution >= 0.6 is 11.8 Å². The number of aromatic nitrogens is 3. The Morgan fingerprint density at radius 2 is 2.02 bits per heavy atom. The van der Waals surface area contributed by atoms with E-state index in [1.54, 1.807) is 32.3 Å². The van der Waals surface area contributed by atoms with Crippen molar-refractivity contribution >= 4 is 40.6 Å². The van der Waals surface area contributed by atoms with Crippen LogP contribution in [0.1, 0.15) is 39.0 Å². The topological polar surface area (TPSA) is 118 Å². The SMILES string of the molecule is C=CCOC(=O)[C@H]1[C@H]2C(=O)N(CCCCCO)C(C(=O)N(CC=C)Cn3nnc4ccccc43)C23CC[C@]1(C)S3. The first-order chi connectivity index (χ1) is 19.3. The molecule has 1 N–H and O–H groups in total. The average Bonchev–Trinajstić information content (AvgIpc) is 3.65. The maximum atomic E-state index is 14.6. The molecule has 2 bridgehead atoms. The summed E-state index contributed by atoms with van der Waals surface area (Å²) in [7, 11) is 0. The second kappa shape index (κ2) is 11.4. The Kier molecular flexibility index (Phi) is 8.05. The van der Waals surface area contributed by atoms with E-state index in [2.05, 4.69) is 23.5 Å². The van der Waals surface area contributed by atoms with Crippen molar-refractivity contribution < 1.29 is 24.2 Å². The van der Waals surface area contributed by atoms with Gasteiger partial charge in [-0.25, -0.2) is 4.68 Å². The van der Waals surface area contributed by atoms with Crippen molar-refractivity contribution in [2.45, 2.75) is 61.2 Å². The Bertz CT molecular complexity index is 1310. The van der Waals surface area contributed by atoms with Gasteiger partial charge in [-0.15, -0.1) is 23.4 Å². The molecule has 2 aromatic rings. The fourth-order valence-electron chi connectivity index (χ4n) is 6.83. The smallest absolute Gasteiger partial charge is 0.311 e. The Morgan fingerprint density at radius 3 is 2.77 bits per heavy atom. The van der Waals surface area contributed by atoms with Crippen molar-refractivity contribution in [3.63, 3.8) is 0 Å². The Hall–Kier alpha value is -3.18. The van der Waals surface area contributed by atoms with Gasteiger partial charge < -0.3 is 19.6 Å². The molecule has 40 heavy (non-hydrogen) atoms. The number of aliphatic hydroxyl groups excluding tert-OH is 1. The fourth-order valence-corrected chi connectivity index (χ4v) is 9.17. The lowest BCUT2D eigenvalue weighted by molar-refractivity contribution is -0.154. The number of benzene rings is 1. The van der Waals surface area contributed by atoms with Crippen molar-refractivity contribution in [1.82, 2.24) is 24.8 Å². The molecule has 214 valence electrons. The number of unbranched alkanes of at least 4 members (excludes halogenated alkanes) is 2. The Morgan fingerprint density at radius 1 is 1.23 bits per heavy atom. The van der Waals surface area contributed by atoms with E-state index in [-0.39, 0.29) is 38.2 Å². The third kappa shape index (κ3) is 4.62. The molecule has 5 rings (SSSR count). The summed E-state index contributed by atoms with van der Waals surface area (Å²) in [6, 6.07) is 6.82. The van der Waals surface area contributed by atoms with E-state index in [0.29, 0.717) is 32.2 Å². The molecule has 10 nitrogen and oxygen atoms in total. The highest BCUT2D eigenvalue weighted by Gasteiger charge is 2.77. The number of carbonyl (C=O) groups excluding carboxylic acids is 3. The van der Waals surface area contributed by atoms with Crippen LogP contribution in [0.25, 0.3) is 11.0 Å². The van der Waals surface area contributed by atoms with Crippen LogP contribution < -0.4 is 0 Å². The summed E-state index contributed by atoms with van der Waals surface area (Å²) in [5.41, 5.74) is 1.53. The van der Waals surface area contributed by atoms with Gasteiger partial charge in [-0.1, -0.05) is 36.1 Å². The van der Waals surface area contributed by atoms with Gasteiger partial charge in [-0.3, -0.25) is 14.4 Å². The number of thioether (sulfide) groups is 1. The molecule has 1 aromatic heterocycles. The first-order valence-corrected chi connectivity index (χ1v) is 14.7. The summed E-state index contributed by atoms with van der Waals surface area (Å²) < 4.78 is 5.95. The zero-order valence-corrected chi connectivity index (χ0v) is 23.7. The van der Waals surface area contributed by atoms with Crippen LogP contribution in [-0.4, -0.2) is 89.5 Å². The van der Waals surface area contributed by atoms with Crippen molar-refractivity contribution in [1.29, 1.82) is 0 Å². The van der Waals surface area contributed by atoms with E-state index in [4.69, 9.17) is 4.74 Å². The second-order valence-corrected chi connectivity index (χ2v) is 12.9. The minimum atomic E-state index is -0.738. The lowest BCUT2D eigenvalue weighted by Gasteiger charge is -2.37. The first-order valence-electron chi connectivity index (χ1n) is 13.9. The van der Waals surface area contributed by atoms with E-state index < -0.39 is 33.3 Å². The molecule has 3 fully saturated rings. The quantitative estimate of drug-likeness (QED) is 0.223. The molecular weight excluding hydrogens is 530 g/mol. The molecule has 5 atom stereocenters. The Labute approximate surface area is 238 Å². The molecule has 0 radical (unpaired) electrons. The fraction of sp³-hybridized carbons (Fsp3) is 0.552. The number of nitrogens with zero attached hydrogens (tertiary/aromatic N) is 5. The van der Waals surface area contributed by atoms with Crippen molar-refractivity contribution in [3.05, 3.63) is 49.6 Å². The summed E-state index contributed by atoms with van der Waals surface area (Å²) in [4.78, 5) is 45.4. The molecular formula is C29H37N5O5S. The predicted octanol–water partition coefficient (Wildman–Crippen LogP) is 2.78. The number of aliphatic hydroxyl groups is 1. The molecule has 0 aliphatic carbocycles. The largest absolute Gasteiger partial charge is 0.461 e. The van der Waals surface area contributed by atoms with Crippen molar-refractivity contribution in [2.75, 3.05) is 26.3 Å². The van der Waals surface area contributed by atoms with Crippen LogP contribution in [0, 0.1) is 11.8 Å². The van der Waals surface area contributed by atoms with Gasteiger partial charge in [-0.2, -0.15) is 0 Å². The van der Waals surface area contributed by atoms with Crippen LogP contribution in [0.3, 0.4) is 0 Å². The van der Waals surface area contributed by atoms with E-state index in [1.165, 1.54) is 6.08 Å². The predicted molar refractivity (Wildman–Crippen MR) is 152 cm³/mol. The number of para-hydroxylation sites is 1. The number of rotatable bonds is 13. The monoisotopic (exact) mass is 567 g/mol. The van der Waals surface area contributed by atoms with E-state index in [1.807, 2.05) is 31.2 Å². The number of hydrogen-bond acceptors (Lipinski definition) is 8. The van der Waals surface area contributed by atoms with Crippen LogP contribution in [0.4, 0.5) is 0 Å². The van der Waals surface area contributed by atoms with Crippen molar-refractivity contribution in [3.8, 4) is 0 Å². The van der Waals surface area contributed by atoms with Gasteiger partial charge in [-0.05, 0) is 51.2 Å². The highest BCUT2D eigenvalue weighted by Crippen LogP contribution is 2.71. The Balaban J connectivity index is 1.51. The molecule has 3 aliphatic heterocycles. The molecule has 1 spiro atoms. The van der Waals surface area contributed by atoms with Gasteiger partial charge in [0, 0.05) is 24.4 Å². The number of ether oxygens (including phenoxy) is 1. The van der Waals surface area contributed by atoms with Gasteiger partial charge >= 0.3 is 5.97 Å². The van der Waals surface area contributed by atoms with Crippen LogP contribution in [-0.2, 0) is 25.8 Å². The van der Waals surface area contributed by atoms with E-state index in [9.17, 15) is 19.5 Å². The molecule has 3 aliphatic rings. The summed E-state index contributed by atoms with van der Waals surface area (Å²) in [5, 5.41) is 17.8. The second-order valence-electron chi connectivity index (χ2n) is 11.0. The molecule has 2 amide bonds. The lowest BCUT2D eigenvalue weighted by atomic mass is 9.66. The molecule has 4 heterocycles. The molecule has 3 saturated heterocycles. The maximum absolute atomic E-state index is 14.6. The number of carbonyl (C=O) groups is 3. The maximum Gasteiger partial charge on any atom is 0.311 e. The number of fused-ring (bicyclic) bond motifs is 2. The first kappa shape index (κ1) is 28.4. The standard InChI is InChI=1S/C29H37N5O5S/c1-4-15-32(19-34-21-12-8-7-11-20(21)30-31-34)26(37)24-29-14-13-28(3,40-29)23(27(38)39-18-5-2)22(29)25(36)33(24)16-9-6-10-17-35/h4-5,7-8,11-12,22-24,35H,1-2,6,9-10,13-19H2,3H3/t22-,23+,24?,28-,29?/m0/s1. The van der Waals surface area contributed by atoms with Crippen LogP contribution in [0.5, 0.6) is 0 Å². The zero-order chi connectivity index (χ0) is 28.5. The number of hydrogen-bond donors (Lipinski definition) is 1. The average molecular weight is 568 g/mol. The molecule has 11 heteroatoms. The van der Waals surface area contributed by atoms with Gasteiger partial charge in [0.05, 0.1) is 22.1 Å². The zero-order valence-electron chi connectivity index (χ0n) is 22.9. The molecule has 0 saturated carbocycles. The normalized spacial score (nSPS) is 28.6. The van der Waals surface area contributed by atoms with Crippen molar-refractivity contribution in [2.24, 2.45) is 11.8 Å².